The van der Waals surface area contributed by atoms with Gasteiger partial charge in [0.15, 0.2) is 0 Å². The van der Waals surface area contributed by atoms with Crippen LogP contribution in [0.5, 0.6) is 0 Å². The van der Waals surface area contributed by atoms with E-state index in [9.17, 15) is 18.4 Å². The predicted molar refractivity (Wildman–Crippen MR) is 103 cm³/mol. The fourth-order valence-electron chi connectivity index (χ4n) is 2.22. The molecule has 0 bridgehead atoms. The van der Waals surface area contributed by atoms with E-state index in [1.807, 2.05) is 0 Å². The number of nitrogens with zero attached hydrogens (tertiary/aromatic N) is 2. The molecule has 3 aromatic rings. The van der Waals surface area contributed by atoms with E-state index in [1.54, 1.807) is 24.3 Å². The molecule has 0 unspecified atom stereocenters. The van der Waals surface area contributed by atoms with Crippen LogP contribution in [0.1, 0.15) is 21.2 Å². The Hall–Kier alpha value is -2.91. The molecule has 0 spiro atoms. The number of aromatic nitrogens is 2. The van der Waals surface area contributed by atoms with Gasteiger partial charge >= 0.3 is 0 Å². The summed E-state index contributed by atoms with van der Waals surface area (Å²) in [4.78, 5) is 24.1. The highest BCUT2D eigenvalue weighted by Crippen LogP contribution is 2.19. The summed E-state index contributed by atoms with van der Waals surface area (Å²) in [5, 5.41) is 13.8. The zero-order chi connectivity index (χ0) is 20.1. The molecule has 28 heavy (non-hydrogen) atoms. The van der Waals surface area contributed by atoms with Gasteiger partial charge in [-0.25, -0.2) is 8.78 Å². The van der Waals surface area contributed by atoms with Gasteiger partial charge in [0.1, 0.15) is 16.6 Å². The average molecular weight is 423 g/mol. The number of benzene rings is 2. The van der Waals surface area contributed by atoms with Gasteiger partial charge in [-0.3, -0.25) is 9.59 Å². The minimum Gasteiger partial charge on any atom is -0.324 e. The van der Waals surface area contributed by atoms with Gasteiger partial charge in [-0.1, -0.05) is 29.0 Å². The Morgan fingerprint density at radius 2 is 1.89 bits per heavy atom. The Balaban J connectivity index is 1.54. The molecule has 2 aromatic carbocycles. The van der Waals surface area contributed by atoms with Crippen LogP contribution in [0.4, 0.5) is 20.2 Å². The van der Waals surface area contributed by atoms with Gasteiger partial charge in [0, 0.05) is 29.6 Å². The number of halogens is 3. The van der Waals surface area contributed by atoms with Crippen molar-refractivity contribution in [2.75, 3.05) is 10.6 Å². The van der Waals surface area contributed by atoms with E-state index in [-0.39, 0.29) is 23.5 Å². The Labute approximate surface area is 167 Å². The van der Waals surface area contributed by atoms with E-state index < -0.39 is 23.4 Å². The number of hydrogen-bond acceptors (Lipinski definition) is 5. The van der Waals surface area contributed by atoms with Gasteiger partial charge in [-0.15, -0.1) is 10.2 Å². The number of rotatable bonds is 6. The normalized spacial score (nSPS) is 10.5. The lowest BCUT2D eigenvalue weighted by Gasteiger charge is -2.05. The lowest BCUT2D eigenvalue weighted by atomic mass is 10.2. The monoisotopic (exact) mass is 422 g/mol. The number of aryl methyl sites for hydroxylation is 1. The summed E-state index contributed by atoms with van der Waals surface area (Å²) in [6, 6.07) is 9.55. The molecule has 0 saturated heterocycles. The smallest absolute Gasteiger partial charge is 0.286 e. The van der Waals surface area contributed by atoms with Crippen molar-refractivity contribution in [3.63, 3.8) is 0 Å². The second kappa shape index (κ2) is 8.85. The van der Waals surface area contributed by atoms with E-state index in [1.165, 1.54) is 0 Å². The van der Waals surface area contributed by atoms with Crippen LogP contribution in [0, 0.1) is 11.6 Å². The fourth-order valence-corrected chi connectivity index (χ4v) is 3.15. The molecular formula is C18H13ClF2N4O2S. The van der Waals surface area contributed by atoms with Gasteiger partial charge in [-0.05, 0) is 30.3 Å². The zero-order valence-corrected chi connectivity index (χ0v) is 15.8. The lowest BCUT2D eigenvalue weighted by molar-refractivity contribution is -0.116. The largest absolute Gasteiger partial charge is 0.324 e. The van der Waals surface area contributed by atoms with Crippen LogP contribution in [0.25, 0.3) is 0 Å². The van der Waals surface area contributed by atoms with Crippen molar-refractivity contribution in [3.05, 3.63) is 69.1 Å². The van der Waals surface area contributed by atoms with Gasteiger partial charge in [0.2, 0.25) is 10.9 Å². The predicted octanol–water partition coefficient (Wildman–Crippen LogP) is 4.29. The summed E-state index contributed by atoms with van der Waals surface area (Å²) in [5.74, 6) is -2.49. The fraction of sp³-hybridized carbons (Fsp3) is 0.111. The van der Waals surface area contributed by atoms with E-state index >= 15 is 0 Å². The molecule has 0 atom stereocenters. The van der Waals surface area contributed by atoms with Crippen molar-refractivity contribution >= 4 is 46.1 Å². The molecule has 0 aliphatic rings. The number of carbonyl (C=O) groups excluding carboxylic acids is 2. The highest BCUT2D eigenvalue weighted by Gasteiger charge is 2.15. The summed E-state index contributed by atoms with van der Waals surface area (Å²) in [6.07, 6.45) is 0.220. The topological polar surface area (TPSA) is 84.0 Å². The molecule has 0 radical (unpaired) electrons. The molecule has 0 aliphatic carbocycles. The van der Waals surface area contributed by atoms with E-state index in [2.05, 4.69) is 20.8 Å². The SMILES string of the molecule is O=C(CCc1nnc(C(=O)Nc2cccc(Cl)c2)s1)Nc1ccc(F)cc1F. The third-order valence-electron chi connectivity index (χ3n) is 3.51. The first-order valence-corrected chi connectivity index (χ1v) is 9.24. The maximum absolute atomic E-state index is 13.5. The van der Waals surface area contributed by atoms with E-state index in [4.69, 9.17) is 11.6 Å². The second-order valence-corrected chi connectivity index (χ2v) is 7.14. The summed E-state index contributed by atoms with van der Waals surface area (Å²) in [7, 11) is 0. The van der Waals surface area contributed by atoms with E-state index in [0.717, 1.165) is 23.5 Å². The van der Waals surface area contributed by atoms with Gasteiger partial charge in [-0.2, -0.15) is 0 Å². The van der Waals surface area contributed by atoms with Gasteiger partial charge in [0.05, 0.1) is 5.69 Å². The summed E-state index contributed by atoms with van der Waals surface area (Å²) < 4.78 is 26.4. The molecule has 1 aromatic heterocycles. The molecule has 0 saturated carbocycles. The van der Waals surface area contributed by atoms with Crippen molar-refractivity contribution in [3.8, 4) is 0 Å². The van der Waals surface area contributed by atoms with Crippen LogP contribution in [-0.2, 0) is 11.2 Å². The van der Waals surface area contributed by atoms with Crippen molar-refractivity contribution < 1.29 is 18.4 Å². The molecule has 3 rings (SSSR count). The summed E-state index contributed by atoms with van der Waals surface area (Å²) in [5.41, 5.74) is 0.417. The highest BCUT2D eigenvalue weighted by molar-refractivity contribution is 7.13. The van der Waals surface area contributed by atoms with Gasteiger partial charge < -0.3 is 10.6 Å². The Kier molecular flexibility index (Phi) is 6.27. The van der Waals surface area contributed by atoms with Crippen molar-refractivity contribution in [1.29, 1.82) is 0 Å². The summed E-state index contributed by atoms with van der Waals surface area (Å²) >= 11 is 6.92. The maximum Gasteiger partial charge on any atom is 0.286 e. The minimum absolute atomic E-state index is 0.00135. The molecule has 1 heterocycles. The van der Waals surface area contributed by atoms with Crippen molar-refractivity contribution in [2.45, 2.75) is 12.8 Å². The highest BCUT2D eigenvalue weighted by atomic mass is 35.5. The summed E-state index contributed by atoms with van der Waals surface area (Å²) in [6.45, 7) is 0. The first-order chi connectivity index (χ1) is 13.4. The molecule has 6 nitrogen and oxygen atoms in total. The molecule has 2 N–H and O–H groups in total. The molecular weight excluding hydrogens is 410 g/mol. The van der Waals surface area contributed by atoms with E-state index in [0.29, 0.717) is 21.8 Å². The van der Waals surface area contributed by atoms with Crippen LogP contribution < -0.4 is 10.6 Å². The Bertz CT molecular complexity index is 1030. The standard InChI is InChI=1S/C18H13ClF2N4O2S/c19-10-2-1-3-12(8-10)22-17(27)18-25-24-16(28-18)7-6-15(26)23-14-5-4-11(20)9-13(14)21/h1-5,8-9H,6-7H2,(H,22,27)(H,23,26). The maximum atomic E-state index is 13.5. The average Bonchev–Trinajstić information content (AvgIpc) is 3.12. The molecule has 2 amide bonds. The number of amides is 2. The van der Waals surface area contributed by atoms with Crippen molar-refractivity contribution in [2.24, 2.45) is 0 Å². The third-order valence-corrected chi connectivity index (χ3v) is 4.73. The first-order valence-electron chi connectivity index (χ1n) is 8.05. The zero-order valence-electron chi connectivity index (χ0n) is 14.2. The number of hydrogen-bond donors (Lipinski definition) is 2. The second-order valence-electron chi connectivity index (χ2n) is 5.64. The molecule has 0 fully saturated rings. The Morgan fingerprint density at radius 1 is 1.07 bits per heavy atom. The molecule has 10 heteroatoms. The van der Waals surface area contributed by atoms with Crippen LogP contribution >= 0.6 is 22.9 Å². The van der Waals surface area contributed by atoms with Crippen LogP contribution in [0.3, 0.4) is 0 Å². The Morgan fingerprint density at radius 3 is 2.64 bits per heavy atom. The lowest BCUT2D eigenvalue weighted by Crippen LogP contribution is -2.13. The molecule has 144 valence electrons. The number of anilines is 2. The van der Waals surface area contributed by atoms with Gasteiger partial charge in [0.25, 0.3) is 5.91 Å². The van der Waals surface area contributed by atoms with Crippen LogP contribution in [0.2, 0.25) is 5.02 Å². The minimum atomic E-state index is -0.857. The number of nitrogens with one attached hydrogen (secondary N) is 2. The third kappa shape index (κ3) is 5.30. The quantitative estimate of drug-likeness (QED) is 0.620. The number of carbonyl (C=O) groups is 2. The first kappa shape index (κ1) is 19.8. The van der Waals surface area contributed by atoms with Crippen LogP contribution in [-0.4, -0.2) is 22.0 Å². The molecule has 0 aliphatic heterocycles. The van der Waals surface area contributed by atoms with Crippen LogP contribution in [0.15, 0.2) is 42.5 Å². The van der Waals surface area contributed by atoms with Crippen molar-refractivity contribution in [1.82, 2.24) is 10.2 Å².